The number of carbonyl (C=O) groups is 2. The van der Waals surface area contributed by atoms with Crippen LogP contribution in [0, 0.1) is 0 Å². The first-order chi connectivity index (χ1) is 15.2. The summed E-state index contributed by atoms with van der Waals surface area (Å²) in [5.74, 6) is 1.46. The van der Waals surface area contributed by atoms with Crippen LogP contribution in [-0.2, 0) is 20.9 Å². The van der Waals surface area contributed by atoms with E-state index >= 15 is 0 Å². The number of hydrogen-bond donors (Lipinski definition) is 1. The second-order valence-electron chi connectivity index (χ2n) is 7.89. The molecule has 2 amide bonds. The van der Waals surface area contributed by atoms with Gasteiger partial charge in [0, 0.05) is 39.3 Å². The van der Waals surface area contributed by atoms with E-state index < -0.39 is 6.04 Å². The molecule has 2 fully saturated rings. The standard InChI is InChI=1S/C24H29N3O4/c28-23(26-11-5-14-30-15-13-26)17-22-24(29)25-10-12-27(22)18-19-6-4-9-21(16-19)31-20-7-2-1-3-8-20/h1-4,6-9,16,22H,5,10-15,17-18H2,(H,25,29)/t22-/m0/s1. The van der Waals surface area contributed by atoms with Crippen molar-refractivity contribution in [2.45, 2.75) is 25.4 Å². The molecule has 4 rings (SSSR count). The van der Waals surface area contributed by atoms with Gasteiger partial charge in [-0.15, -0.1) is 0 Å². The van der Waals surface area contributed by atoms with Gasteiger partial charge in [0.25, 0.3) is 0 Å². The number of amides is 2. The van der Waals surface area contributed by atoms with Gasteiger partial charge in [-0.2, -0.15) is 0 Å². The Morgan fingerprint density at radius 3 is 2.74 bits per heavy atom. The Morgan fingerprint density at radius 1 is 1.03 bits per heavy atom. The number of nitrogens with one attached hydrogen (secondary N) is 1. The van der Waals surface area contributed by atoms with Crippen LogP contribution in [0.25, 0.3) is 0 Å². The summed E-state index contributed by atoms with van der Waals surface area (Å²) in [7, 11) is 0. The molecular weight excluding hydrogens is 394 g/mol. The van der Waals surface area contributed by atoms with E-state index in [9.17, 15) is 9.59 Å². The molecule has 2 saturated heterocycles. The maximum atomic E-state index is 12.9. The second kappa shape index (κ2) is 10.4. The van der Waals surface area contributed by atoms with Crippen molar-refractivity contribution in [2.75, 3.05) is 39.4 Å². The van der Waals surface area contributed by atoms with E-state index in [1.54, 1.807) is 0 Å². The summed E-state index contributed by atoms with van der Waals surface area (Å²) in [6, 6.07) is 17.1. The van der Waals surface area contributed by atoms with Crippen molar-refractivity contribution in [3.63, 3.8) is 0 Å². The number of carbonyl (C=O) groups excluding carboxylic acids is 2. The highest BCUT2D eigenvalue weighted by molar-refractivity contribution is 5.88. The van der Waals surface area contributed by atoms with Crippen molar-refractivity contribution in [1.82, 2.24) is 15.1 Å². The first-order valence-electron chi connectivity index (χ1n) is 10.9. The Hall–Kier alpha value is -2.90. The van der Waals surface area contributed by atoms with Gasteiger partial charge in [0.05, 0.1) is 19.1 Å². The molecule has 0 unspecified atom stereocenters. The minimum absolute atomic E-state index is 0.0127. The van der Waals surface area contributed by atoms with Crippen molar-refractivity contribution < 1.29 is 19.1 Å². The van der Waals surface area contributed by atoms with Gasteiger partial charge in [0.15, 0.2) is 0 Å². The Kier molecular flexibility index (Phi) is 7.17. The zero-order chi connectivity index (χ0) is 21.5. The molecule has 1 atom stereocenters. The number of rotatable bonds is 6. The van der Waals surface area contributed by atoms with Gasteiger partial charge in [0.1, 0.15) is 11.5 Å². The molecule has 0 radical (unpaired) electrons. The smallest absolute Gasteiger partial charge is 0.237 e. The lowest BCUT2D eigenvalue weighted by Crippen LogP contribution is -2.56. The van der Waals surface area contributed by atoms with Crippen LogP contribution in [0.5, 0.6) is 11.5 Å². The van der Waals surface area contributed by atoms with Gasteiger partial charge < -0.3 is 19.7 Å². The zero-order valence-electron chi connectivity index (χ0n) is 17.7. The molecule has 7 heteroatoms. The number of para-hydroxylation sites is 1. The Morgan fingerprint density at radius 2 is 1.87 bits per heavy atom. The molecule has 2 aromatic carbocycles. The Balaban J connectivity index is 1.42. The monoisotopic (exact) mass is 423 g/mol. The Labute approximate surface area is 182 Å². The summed E-state index contributed by atoms with van der Waals surface area (Å²) in [6.07, 6.45) is 1.02. The fraction of sp³-hybridized carbons (Fsp3) is 0.417. The molecule has 0 spiro atoms. The maximum absolute atomic E-state index is 12.9. The minimum atomic E-state index is -0.468. The fourth-order valence-electron chi connectivity index (χ4n) is 4.03. The van der Waals surface area contributed by atoms with Crippen LogP contribution in [0.3, 0.4) is 0 Å². The van der Waals surface area contributed by atoms with E-state index in [-0.39, 0.29) is 18.2 Å². The zero-order valence-corrected chi connectivity index (χ0v) is 17.7. The summed E-state index contributed by atoms with van der Waals surface area (Å²) in [5.41, 5.74) is 1.05. The molecule has 164 valence electrons. The van der Waals surface area contributed by atoms with Crippen LogP contribution in [0.15, 0.2) is 54.6 Å². The predicted molar refractivity (Wildman–Crippen MR) is 117 cm³/mol. The molecule has 0 aromatic heterocycles. The summed E-state index contributed by atoms with van der Waals surface area (Å²) in [4.78, 5) is 29.4. The number of ether oxygens (including phenoxy) is 2. The molecule has 2 aliphatic heterocycles. The molecule has 1 N–H and O–H groups in total. The molecule has 2 aliphatic rings. The number of piperazine rings is 1. The fourth-order valence-corrected chi connectivity index (χ4v) is 4.03. The predicted octanol–water partition coefficient (Wildman–Crippen LogP) is 2.42. The highest BCUT2D eigenvalue weighted by Crippen LogP contribution is 2.23. The normalized spacial score (nSPS) is 20.1. The van der Waals surface area contributed by atoms with Gasteiger partial charge in [-0.05, 0) is 36.2 Å². The summed E-state index contributed by atoms with van der Waals surface area (Å²) in [5, 5.41) is 2.91. The number of benzene rings is 2. The van der Waals surface area contributed by atoms with Crippen LogP contribution < -0.4 is 10.1 Å². The van der Waals surface area contributed by atoms with Gasteiger partial charge in [0.2, 0.25) is 11.8 Å². The number of hydrogen-bond acceptors (Lipinski definition) is 5. The minimum Gasteiger partial charge on any atom is -0.457 e. The van der Waals surface area contributed by atoms with Gasteiger partial charge >= 0.3 is 0 Å². The molecule has 31 heavy (non-hydrogen) atoms. The van der Waals surface area contributed by atoms with Gasteiger partial charge in [-0.1, -0.05) is 30.3 Å². The van der Waals surface area contributed by atoms with Crippen molar-refractivity contribution >= 4 is 11.8 Å². The van der Waals surface area contributed by atoms with Crippen LogP contribution in [-0.4, -0.2) is 67.0 Å². The second-order valence-corrected chi connectivity index (χ2v) is 7.89. The van der Waals surface area contributed by atoms with E-state index in [0.29, 0.717) is 45.9 Å². The van der Waals surface area contributed by atoms with E-state index in [2.05, 4.69) is 10.2 Å². The first-order valence-corrected chi connectivity index (χ1v) is 10.9. The highest BCUT2D eigenvalue weighted by Gasteiger charge is 2.33. The topological polar surface area (TPSA) is 71.1 Å². The lowest BCUT2D eigenvalue weighted by atomic mass is 10.1. The van der Waals surface area contributed by atoms with E-state index in [1.165, 1.54) is 0 Å². The quantitative estimate of drug-likeness (QED) is 0.773. The van der Waals surface area contributed by atoms with E-state index in [4.69, 9.17) is 9.47 Å². The molecule has 2 aromatic rings. The van der Waals surface area contributed by atoms with E-state index in [1.807, 2.05) is 59.5 Å². The Bertz CT molecular complexity index is 881. The average molecular weight is 424 g/mol. The van der Waals surface area contributed by atoms with Gasteiger partial charge in [-0.3, -0.25) is 14.5 Å². The summed E-state index contributed by atoms with van der Waals surface area (Å²) >= 11 is 0. The van der Waals surface area contributed by atoms with Crippen molar-refractivity contribution in [1.29, 1.82) is 0 Å². The third kappa shape index (κ3) is 5.83. The molecule has 2 heterocycles. The van der Waals surface area contributed by atoms with Crippen molar-refractivity contribution in [3.05, 3.63) is 60.2 Å². The van der Waals surface area contributed by atoms with Crippen LogP contribution in [0.4, 0.5) is 0 Å². The first kappa shape index (κ1) is 21.3. The van der Waals surface area contributed by atoms with E-state index in [0.717, 1.165) is 23.5 Å². The maximum Gasteiger partial charge on any atom is 0.237 e. The highest BCUT2D eigenvalue weighted by atomic mass is 16.5. The summed E-state index contributed by atoms with van der Waals surface area (Å²) < 4.78 is 11.4. The average Bonchev–Trinajstić information content (AvgIpc) is 3.07. The van der Waals surface area contributed by atoms with Gasteiger partial charge in [-0.25, -0.2) is 0 Å². The van der Waals surface area contributed by atoms with Crippen molar-refractivity contribution in [2.24, 2.45) is 0 Å². The molecule has 0 aliphatic carbocycles. The lowest BCUT2D eigenvalue weighted by Gasteiger charge is -2.35. The molecule has 0 saturated carbocycles. The summed E-state index contributed by atoms with van der Waals surface area (Å²) in [6.45, 7) is 4.39. The third-order valence-electron chi connectivity index (χ3n) is 5.65. The third-order valence-corrected chi connectivity index (χ3v) is 5.65. The SMILES string of the molecule is O=C1NCCN(Cc2cccc(Oc3ccccc3)c2)[C@H]1CC(=O)N1CCCOCC1. The largest absolute Gasteiger partial charge is 0.457 e. The lowest BCUT2D eigenvalue weighted by molar-refractivity contribution is -0.139. The number of nitrogens with zero attached hydrogens (tertiary/aromatic N) is 2. The van der Waals surface area contributed by atoms with Crippen LogP contribution >= 0.6 is 0 Å². The van der Waals surface area contributed by atoms with Crippen LogP contribution in [0.1, 0.15) is 18.4 Å². The molecular formula is C24H29N3O4. The van der Waals surface area contributed by atoms with Crippen LogP contribution in [0.2, 0.25) is 0 Å². The van der Waals surface area contributed by atoms with Crippen molar-refractivity contribution in [3.8, 4) is 11.5 Å². The molecule has 0 bridgehead atoms. The molecule has 7 nitrogen and oxygen atoms in total.